The number of carbonyl (C=O) groups excluding carboxylic acids is 1. The molecule has 0 aliphatic carbocycles. The van der Waals surface area contributed by atoms with Crippen molar-refractivity contribution in [3.05, 3.63) is 114 Å². The van der Waals surface area contributed by atoms with Gasteiger partial charge in [-0.05, 0) is 118 Å². The number of methoxy groups -OCH3 is 2. The summed E-state index contributed by atoms with van der Waals surface area (Å²) in [6.45, 7) is 3.92. The van der Waals surface area contributed by atoms with Crippen molar-refractivity contribution in [1.82, 2.24) is 4.57 Å². The zero-order valence-corrected chi connectivity index (χ0v) is 31.2. The van der Waals surface area contributed by atoms with Crippen molar-refractivity contribution in [2.45, 2.75) is 26.5 Å². The summed E-state index contributed by atoms with van der Waals surface area (Å²) in [5.41, 5.74) is 2.68. The average molecular weight is 919 g/mol. The molecule has 0 N–H and O–H groups in total. The zero-order valence-electron chi connectivity index (χ0n) is 24.5. The Balaban J connectivity index is 1.60. The maximum absolute atomic E-state index is 14.1. The number of benzene rings is 3. The molecule has 1 aromatic heterocycles. The van der Waals surface area contributed by atoms with Crippen LogP contribution in [0.4, 0.5) is 4.39 Å². The molecular formula is C32H26BrFI2N2O6S. The molecule has 1 atom stereocenters. The van der Waals surface area contributed by atoms with Crippen LogP contribution in [0.25, 0.3) is 6.08 Å². The van der Waals surface area contributed by atoms with E-state index in [1.54, 1.807) is 38.1 Å². The largest absolute Gasteiger partial charge is 0.493 e. The van der Waals surface area contributed by atoms with Gasteiger partial charge in [0, 0.05) is 4.47 Å². The molecule has 1 aliphatic heterocycles. The summed E-state index contributed by atoms with van der Waals surface area (Å²) in [5, 5.41) is 0. The van der Waals surface area contributed by atoms with Crippen LogP contribution in [0.1, 0.15) is 36.6 Å². The number of allylic oxidation sites excluding steroid dienone is 1. The molecule has 234 valence electrons. The van der Waals surface area contributed by atoms with Crippen molar-refractivity contribution < 1.29 is 28.1 Å². The highest BCUT2D eigenvalue weighted by atomic mass is 127. The van der Waals surface area contributed by atoms with E-state index in [0.29, 0.717) is 42.3 Å². The van der Waals surface area contributed by atoms with E-state index in [1.165, 1.54) is 42.3 Å². The van der Waals surface area contributed by atoms with Crippen LogP contribution in [0.3, 0.4) is 0 Å². The van der Waals surface area contributed by atoms with E-state index in [0.717, 1.165) is 18.3 Å². The number of carbonyl (C=O) groups is 1. The molecule has 0 spiro atoms. The molecule has 0 amide bonds. The minimum absolute atomic E-state index is 0.167. The van der Waals surface area contributed by atoms with Gasteiger partial charge in [0.2, 0.25) is 0 Å². The predicted octanol–water partition coefficient (Wildman–Crippen LogP) is 6.51. The summed E-state index contributed by atoms with van der Waals surface area (Å²) in [7, 11) is 3.06. The maximum atomic E-state index is 14.1. The lowest BCUT2D eigenvalue weighted by atomic mass is 9.95. The third-order valence-electron chi connectivity index (χ3n) is 6.93. The number of ether oxygens (including phenoxy) is 4. The summed E-state index contributed by atoms with van der Waals surface area (Å²) >= 11 is 9.26. The molecule has 0 saturated carbocycles. The topological polar surface area (TPSA) is 88.4 Å². The van der Waals surface area contributed by atoms with E-state index in [1.807, 2.05) is 18.2 Å². The van der Waals surface area contributed by atoms with Crippen LogP contribution >= 0.6 is 72.4 Å². The number of esters is 1. The Hall–Kier alpha value is -2.76. The van der Waals surface area contributed by atoms with E-state index >= 15 is 0 Å². The van der Waals surface area contributed by atoms with E-state index in [2.05, 4.69) is 66.1 Å². The average Bonchev–Trinajstić information content (AvgIpc) is 3.30. The van der Waals surface area contributed by atoms with Crippen molar-refractivity contribution in [3.63, 3.8) is 0 Å². The Bertz CT molecular complexity index is 1990. The summed E-state index contributed by atoms with van der Waals surface area (Å²) < 4.78 is 40.1. The summed E-state index contributed by atoms with van der Waals surface area (Å²) in [6, 6.07) is 12.7. The van der Waals surface area contributed by atoms with Crippen molar-refractivity contribution >= 4 is 84.5 Å². The Morgan fingerprint density at radius 1 is 1.09 bits per heavy atom. The van der Waals surface area contributed by atoms with E-state index in [9.17, 15) is 14.0 Å². The zero-order chi connectivity index (χ0) is 32.4. The van der Waals surface area contributed by atoms with Crippen LogP contribution < -0.4 is 29.1 Å². The van der Waals surface area contributed by atoms with E-state index in [4.69, 9.17) is 18.9 Å². The number of hydrogen-bond donors (Lipinski definition) is 0. The molecule has 2 heterocycles. The van der Waals surface area contributed by atoms with Crippen LogP contribution in [-0.2, 0) is 16.1 Å². The SMILES string of the molecule is CCOC(=O)C1=C(C)N=c2s/c(=C\c3cc(I)c(OCc4ccc(F)cc4)c(I)c3)c(=O)n2[C@@H]1c1cc(OC)c(OC)cc1Br. The van der Waals surface area contributed by atoms with Gasteiger partial charge in [-0.1, -0.05) is 39.4 Å². The monoisotopic (exact) mass is 918 g/mol. The van der Waals surface area contributed by atoms with Gasteiger partial charge in [-0.2, -0.15) is 0 Å². The fraction of sp³-hybridized carbons (Fsp3) is 0.219. The highest BCUT2D eigenvalue weighted by Gasteiger charge is 2.35. The number of aromatic nitrogens is 1. The van der Waals surface area contributed by atoms with Gasteiger partial charge in [-0.25, -0.2) is 14.2 Å². The van der Waals surface area contributed by atoms with Crippen LogP contribution in [0.15, 0.2) is 74.1 Å². The van der Waals surface area contributed by atoms with E-state index in [-0.39, 0.29) is 30.2 Å². The fourth-order valence-corrected chi connectivity index (χ4v) is 8.57. The first-order valence-corrected chi connectivity index (χ1v) is 17.3. The van der Waals surface area contributed by atoms with Crippen molar-refractivity contribution in [2.75, 3.05) is 20.8 Å². The van der Waals surface area contributed by atoms with Crippen molar-refractivity contribution in [2.24, 2.45) is 4.99 Å². The Morgan fingerprint density at radius 3 is 2.36 bits per heavy atom. The Labute approximate surface area is 298 Å². The lowest BCUT2D eigenvalue weighted by molar-refractivity contribution is -0.139. The van der Waals surface area contributed by atoms with Gasteiger partial charge in [0.1, 0.15) is 18.2 Å². The van der Waals surface area contributed by atoms with Crippen molar-refractivity contribution in [1.29, 1.82) is 0 Å². The number of halogens is 4. The first-order valence-electron chi connectivity index (χ1n) is 13.5. The second-order valence-corrected chi connectivity index (χ2v) is 13.9. The van der Waals surface area contributed by atoms with Gasteiger partial charge in [0.25, 0.3) is 5.56 Å². The molecule has 8 nitrogen and oxygen atoms in total. The van der Waals surface area contributed by atoms with Gasteiger partial charge in [-0.3, -0.25) is 9.36 Å². The molecule has 45 heavy (non-hydrogen) atoms. The molecule has 13 heteroatoms. The minimum atomic E-state index is -0.834. The molecule has 0 radical (unpaired) electrons. The van der Waals surface area contributed by atoms with Gasteiger partial charge < -0.3 is 18.9 Å². The first kappa shape index (κ1) is 33.6. The standard InChI is InChI=1S/C32H26BrFI2N2O6S/c1-5-43-31(40)27-16(2)37-32-38(28(27)20-13-24(41-3)25(42-4)14-21(20)33)30(39)26(45-32)12-18-10-22(35)29(23(36)11-18)44-15-17-6-8-19(34)9-7-17/h6-14,28H,5,15H2,1-4H3/b26-12-/t28-/m1/s1. The number of fused-ring (bicyclic) bond motifs is 1. The van der Waals surface area contributed by atoms with E-state index < -0.39 is 12.0 Å². The van der Waals surface area contributed by atoms with Gasteiger partial charge in [0.15, 0.2) is 16.3 Å². The molecule has 0 unspecified atom stereocenters. The summed E-state index contributed by atoms with van der Waals surface area (Å²) in [5.74, 6) is 0.787. The van der Waals surface area contributed by atoms with Crippen LogP contribution in [-0.4, -0.2) is 31.4 Å². The van der Waals surface area contributed by atoms with Gasteiger partial charge in [-0.15, -0.1) is 0 Å². The number of rotatable bonds is 9. The first-order chi connectivity index (χ1) is 21.6. The minimum Gasteiger partial charge on any atom is -0.493 e. The molecule has 1 aliphatic rings. The lowest BCUT2D eigenvalue weighted by Gasteiger charge is -2.26. The lowest BCUT2D eigenvalue weighted by Crippen LogP contribution is -2.40. The highest BCUT2D eigenvalue weighted by Crippen LogP contribution is 2.41. The highest BCUT2D eigenvalue weighted by molar-refractivity contribution is 14.1. The predicted molar refractivity (Wildman–Crippen MR) is 190 cm³/mol. The Morgan fingerprint density at radius 2 is 1.73 bits per heavy atom. The third-order valence-corrected chi connectivity index (χ3v) is 10.2. The van der Waals surface area contributed by atoms with Gasteiger partial charge >= 0.3 is 5.97 Å². The number of nitrogens with zero attached hydrogens (tertiary/aromatic N) is 2. The van der Waals surface area contributed by atoms with Crippen LogP contribution in [0, 0.1) is 13.0 Å². The third kappa shape index (κ3) is 7.00. The molecule has 0 saturated heterocycles. The summed E-state index contributed by atoms with van der Waals surface area (Å²) in [6.07, 6.45) is 1.81. The molecule has 0 bridgehead atoms. The normalized spacial score (nSPS) is 14.6. The van der Waals surface area contributed by atoms with Gasteiger partial charge in [0.05, 0.1) is 49.8 Å². The molecule has 5 rings (SSSR count). The summed E-state index contributed by atoms with van der Waals surface area (Å²) in [4.78, 5) is 32.5. The number of hydrogen-bond acceptors (Lipinski definition) is 8. The van der Waals surface area contributed by atoms with Crippen LogP contribution in [0.2, 0.25) is 0 Å². The molecule has 4 aromatic rings. The molecular weight excluding hydrogens is 893 g/mol. The quantitative estimate of drug-likeness (QED) is 0.141. The molecule has 0 fully saturated rings. The fourth-order valence-electron chi connectivity index (χ4n) is 4.85. The second-order valence-electron chi connectivity index (χ2n) is 9.76. The maximum Gasteiger partial charge on any atom is 0.338 e. The number of thiazole rings is 1. The Kier molecular flexibility index (Phi) is 10.7. The second kappa shape index (κ2) is 14.3. The molecule has 3 aromatic carbocycles. The van der Waals surface area contributed by atoms with Crippen molar-refractivity contribution in [3.8, 4) is 17.2 Å². The smallest absolute Gasteiger partial charge is 0.338 e. The van der Waals surface area contributed by atoms with Crippen LogP contribution in [0.5, 0.6) is 17.2 Å².